The Kier molecular flexibility index (Phi) is 5.96. The standard InChI is InChI=1S/C17H26Cl2N2/c1-4-14-11-21(17(5-2,6-3)12-20-14)10-13-7-8-15(18)16(19)9-13/h7-9,14,20H,4-6,10-12H2,1-3H3. The van der Waals surface area contributed by atoms with Gasteiger partial charge in [-0.2, -0.15) is 0 Å². The molecule has 0 spiro atoms. The van der Waals surface area contributed by atoms with E-state index in [1.54, 1.807) is 0 Å². The van der Waals surface area contributed by atoms with Crippen molar-refractivity contribution in [3.63, 3.8) is 0 Å². The quantitative estimate of drug-likeness (QED) is 0.840. The molecular formula is C17H26Cl2N2. The van der Waals surface area contributed by atoms with Gasteiger partial charge < -0.3 is 5.32 Å². The summed E-state index contributed by atoms with van der Waals surface area (Å²) in [5, 5.41) is 4.99. The maximum atomic E-state index is 6.16. The van der Waals surface area contributed by atoms with Gasteiger partial charge in [-0.1, -0.05) is 50.0 Å². The van der Waals surface area contributed by atoms with Crippen LogP contribution in [0.1, 0.15) is 45.6 Å². The van der Waals surface area contributed by atoms with Crippen molar-refractivity contribution in [3.8, 4) is 0 Å². The van der Waals surface area contributed by atoms with Gasteiger partial charge in [-0.3, -0.25) is 4.90 Å². The minimum absolute atomic E-state index is 0.248. The number of nitrogens with zero attached hydrogens (tertiary/aromatic N) is 1. The van der Waals surface area contributed by atoms with Crippen molar-refractivity contribution in [2.75, 3.05) is 13.1 Å². The van der Waals surface area contributed by atoms with Crippen molar-refractivity contribution in [1.29, 1.82) is 0 Å². The van der Waals surface area contributed by atoms with Crippen molar-refractivity contribution in [3.05, 3.63) is 33.8 Å². The molecule has 1 saturated heterocycles. The van der Waals surface area contributed by atoms with Crippen LogP contribution in [0.3, 0.4) is 0 Å². The Morgan fingerprint density at radius 3 is 2.48 bits per heavy atom. The molecule has 21 heavy (non-hydrogen) atoms. The van der Waals surface area contributed by atoms with E-state index < -0.39 is 0 Å². The van der Waals surface area contributed by atoms with Gasteiger partial charge in [-0.15, -0.1) is 0 Å². The molecule has 2 nitrogen and oxygen atoms in total. The van der Waals surface area contributed by atoms with E-state index >= 15 is 0 Å². The molecule has 1 fully saturated rings. The Balaban J connectivity index is 2.21. The van der Waals surface area contributed by atoms with Gasteiger partial charge in [-0.05, 0) is 37.0 Å². The summed E-state index contributed by atoms with van der Waals surface area (Å²) in [5.74, 6) is 0. The SMILES string of the molecule is CCC1CN(Cc2ccc(Cl)c(Cl)c2)C(CC)(CC)CN1. The second-order valence-electron chi connectivity index (χ2n) is 6.05. The fourth-order valence-corrected chi connectivity index (χ4v) is 3.60. The van der Waals surface area contributed by atoms with E-state index in [4.69, 9.17) is 23.2 Å². The lowest BCUT2D eigenvalue weighted by molar-refractivity contribution is 0.0238. The van der Waals surface area contributed by atoms with Crippen LogP contribution < -0.4 is 5.32 Å². The molecule has 4 heteroatoms. The smallest absolute Gasteiger partial charge is 0.0595 e. The molecule has 2 rings (SSSR count). The molecule has 1 aliphatic heterocycles. The number of halogens is 2. The average Bonchev–Trinajstić information content (AvgIpc) is 2.51. The van der Waals surface area contributed by atoms with Crippen molar-refractivity contribution in [2.45, 2.75) is 58.2 Å². The van der Waals surface area contributed by atoms with Crippen LogP contribution in [0.2, 0.25) is 10.0 Å². The highest BCUT2D eigenvalue weighted by Gasteiger charge is 2.38. The molecule has 1 unspecified atom stereocenters. The van der Waals surface area contributed by atoms with E-state index in [2.05, 4.69) is 37.1 Å². The van der Waals surface area contributed by atoms with E-state index in [1.165, 1.54) is 12.0 Å². The van der Waals surface area contributed by atoms with Gasteiger partial charge in [0.25, 0.3) is 0 Å². The zero-order valence-corrected chi connectivity index (χ0v) is 14.8. The normalized spacial score (nSPS) is 22.4. The molecular weight excluding hydrogens is 303 g/mol. The molecule has 0 aliphatic carbocycles. The zero-order chi connectivity index (χ0) is 15.5. The second-order valence-corrected chi connectivity index (χ2v) is 6.86. The molecule has 0 radical (unpaired) electrons. The molecule has 0 bridgehead atoms. The summed E-state index contributed by atoms with van der Waals surface area (Å²) >= 11 is 12.2. The van der Waals surface area contributed by atoms with Crippen LogP contribution in [0.5, 0.6) is 0 Å². The predicted octanol–water partition coefficient (Wildman–Crippen LogP) is 4.74. The van der Waals surface area contributed by atoms with Gasteiger partial charge in [0.15, 0.2) is 0 Å². The summed E-state index contributed by atoms with van der Waals surface area (Å²) in [7, 11) is 0. The number of nitrogens with one attached hydrogen (secondary N) is 1. The third kappa shape index (κ3) is 3.73. The molecule has 0 amide bonds. The number of hydrogen-bond donors (Lipinski definition) is 1. The third-order valence-electron chi connectivity index (χ3n) is 5.00. The zero-order valence-electron chi connectivity index (χ0n) is 13.3. The van der Waals surface area contributed by atoms with Gasteiger partial charge in [0.05, 0.1) is 10.0 Å². The Morgan fingerprint density at radius 2 is 1.90 bits per heavy atom. The van der Waals surface area contributed by atoms with Crippen LogP contribution >= 0.6 is 23.2 Å². The van der Waals surface area contributed by atoms with Crippen molar-refractivity contribution in [1.82, 2.24) is 10.2 Å². The molecule has 1 aromatic carbocycles. The Morgan fingerprint density at radius 1 is 1.19 bits per heavy atom. The minimum atomic E-state index is 0.248. The first-order valence-corrected chi connectivity index (χ1v) is 8.72. The summed E-state index contributed by atoms with van der Waals surface area (Å²) in [6, 6.07) is 6.58. The van der Waals surface area contributed by atoms with Gasteiger partial charge in [-0.25, -0.2) is 0 Å². The summed E-state index contributed by atoms with van der Waals surface area (Å²) in [6.07, 6.45) is 3.49. The van der Waals surface area contributed by atoms with Gasteiger partial charge in [0, 0.05) is 31.2 Å². The van der Waals surface area contributed by atoms with Gasteiger partial charge >= 0.3 is 0 Å². The molecule has 1 atom stereocenters. The number of piperazine rings is 1. The van der Waals surface area contributed by atoms with Crippen molar-refractivity contribution < 1.29 is 0 Å². The molecule has 1 aromatic rings. The van der Waals surface area contributed by atoms with Crippen LogP contribution in [0.15, 0.2) is 18.2 Å². The monoisotopic (exact) mass is 328 g/mol. The van der Waals surface area contributed by atoms with Crippen LogP contribution in [-0.4, -0.2) is 29.6 Å². The van der Waals surface area contributed by atoms with E-state index in [1.807, 2.05) is 12.1 Å². The van der Waals surface area contributed by atoms with Gasteiger partial charge in [0.1, 0.15) is 0 Å². The number of hydrogen-bond acceptors (Lipinski definition) is 2. The van der Waals surface area contributed by atoms with Crippen LogP contribution in [0, 0.1) is 0 Å². The predicted molar refractivity (Wildman–Crippen MR) is 92.3 cm³/mol. The number of rotatable bonds is 5. The lowest BCUT2D eigenvalue weighted by atomic mass is 9.86. The maximum Gasteiger partial charge on any atom is 0.0595 e. The van der Waals surface area contributed by atoms with Crippen molar-refractivity contribution in [2.24, 2.45) is 0 Å². The molecule has 0 saturated carbocycles. The van der Waals surface area contributed by atoms with Crippen molar-refractivity contribution >= 4 is 23.2 Å². The lowest BCUT2D eigenvalue weighted by Crippen LogP contribution is -2.63. The van der Waals surface area contributed by atoms with Crippen LogP contribution in [-0.2, 0) is 6.54 Å². The second kappa shape index (κ2) is 7.32. The lowest BCUT2D eigenvalue weighted by Gasteiger charge is -2.49. The molecule has 118 valence electrons. The summed E-state index contributed by atoms with van der Waals surface area (Å²) in [6.45, 7) is 9.94. The van der Waals surface area contributed by atoms with Gasteiger partial charge in [0.2, 0.25) is 0 Å². The first kappa shape index (κ1) is 17.1. The summed E-state index contributed by atoms with van der Waals surface area (Å²) in [5.41, 5.74) is 1.49. The van der Waals surface area contributed by atoms with E-state index in [-0.39, 0.29) is 5.54 Å². The highest BCUT2D eigenvalue weighted by Crippen LogP contribution is 2.30. The van der Waals surface area contributed by atoms with Crippen LogP contribution in [0.25, 0.3) is 0 Å². The molecule has 1 heterocycles. The van der Waals surface area contributed by atoms with Crippen LogP contribution in [0.4, 0.5) is 0 Å². The minimum Gasteiger partial charge on any atom is -0.311 e. The summed E-state index contributed by atoms with van der Waals surface area (Å²) < 4.78 is 0. The first-order valence-electron chi connectivity index (χ1n) is 7.97. The Bertz CT molecular complexity index is 472. The average molecular weight is 329 g/mol. The highest BCUT2D eigenvalue weighted by molar-refractivity contribution is 6.42. The highest BCUT2D eigenvalue weighted by atomic mass is 35.5. The molecule has 1 aliphatic rings. The Hall–Kier alpha value is -0.280. The molecule has 1 N–H and O–H groups in total. The fourth-order valence-electron chi connectivity index (χ4n) is 3.28. The largest absolute Gasteiger partial charge is 0.311 e. The van der Waals surface area contributed by atoms with E-state index in [0.717, 1.165) is 32.5 Å². The molecule has 0 aromatic heterocycles. The van der Waals surface area contributed by atoms with E-state index in [0.29, 0.717) is 16.1 Å². The maximum absolute atomic E-state index is 6.16. The third-order valence-corrected chi connectivity index (χ3v) is 5.74. The topological polar surface area (TPSA) is 15.3 Å². The number of benzene rings is 1. The first-order chi connectivity index (χ1) is 10.0. The fraction of sp³-hybridized carbons (Fsp3) is 0.647. The Labute approximate surface area is 138 Å². The van der Waals surface area contributed by atoms with E-state index in [9.17, 15) is 0 Å². The summed E-state index contributed by atoms with van der Waals surface area (Å²) in [4.78, 5) is 2.64.